The molecule has 2 rings (SSSR count). The summed E-state index contributed by atoms with van der Waals surface area (Å²) in [5.41, 5.74) is 0. The highest BCUT2D eigenvalue weighted by molar-refractivity contribution is 7.89. The first-order valence-corrected chi connectivity index (χ1v) is 8.45. The molecule has 1 heterocycles. The highest BCUT2D eigenvalue weighted by atomic mass is 32.2. The van der Waals surface area contributed by atoms with Crippen molar-refractivity contribution in [3.05, 3.63) is 17.9 Å². The van der Waals surface area contributed by atoms with Crippen LogP contribution in [0.4, 0.5) is 0 Å². The van der Waals surface area contributed by atoms with Crippen molar-refractivity contribution < 1.29 is 22.7 Å². The number of aliphatic hydroxyl groups excluding tert-OH is 1. The first-order valence-electron chi connectivity index (χ1n) is 6.97. The fraction of sp³-hybridized carbons (Fsp3) is 0.692. The molecule has 0 saturated heterocycles. The van der Waals surface area contributed by atoms with Crippen molar-refractivity contribution in [2.24, 2.45) is 5.92 Å². The van der Waals surface area contributed by atoms with Crippen LogP contribution in [-0.2, 0) is 21.3 Å². The van der Waals surface area contributed by atoms with Crippen LogP contribution < -0.4 is 10.0 Å². The molecule has 0 radical (unpaired) electrons. The van der Waals surface area contributed by atoms with Crippen LogP contribution in [0.5, 0.6) is 0 Å². The van der Waals surface area contributed by atoms with Gasteiger partial charge in [-0.3, -0.25) is 0 Å². The van der Waals surface area contributed by atoms with E-state index in [2.05, 4.69) is 10.0 Å². The van der Waals surface area contributed by atoms with Gasteiger partial charge in [0.05, 0.1) is 19.3 Å². The van der Waals surface area contributed by atoms with Gasteiger partial charge in [0.1, 0.15) is 5.76 Å². The van der Waals surface area contributed by atoms with E-state index < -0.39 is 10.0 Å². The highest BCUT2D eigenvalue weighted by Crippen LogP contribution is 2.26. The highest BCUT2D eigenvalue weighted by Gasteiger charge is 2.29. The minimum absolute atomic E-state index is 0.0779. The standard InChI is InChI=1S/C13H22N2O5S/c1-19-5-4-14-9-12-2-3-13(20-12)21(17,18)15-8-10-6-11(16)7-10/h2-3,10-11,14-16H,4-9H2,1H3. The summed E-state index contributed by atoms with van der Waals surface area (Å²) in [5.74, 6) is 0.769. The molecule has 0 unspecified atom stereocenters. The average Bonchev–Trinajstić information content (AvgIpc) is 2.88. The lowest BCUT2D eigenvalue weighted by atomic mass is 9.83. The van der Waals surface area contributed by atoms with Crippen LogP contribution >= 0.6 is 0 Å². The molecule has 0 atom stereocenters. The molecule has 21 heavy (non-hydrogen) atoms. The summed E-state index contributed by atoms with van der Waals surface area (Å²) in [6, 6.07) is 3.09. The SMILES string of the molecule is COCCNCc1ccc(S(=O)(=O)NCC2CC(O)C2)o1. The third kappa shape index (κ3) is 4.79. The van der Waals surface area contributed by atoms with Crippen molar-refractivity contribution in [1.82, 2.24) is 10.0 Å². The number of hydrogen-bond donors (Lipinski definition) is 3. The van der Waals surface area contributed by atoms with E-state index in [4.69, 9.17) is 9.15 Å². The van der Waals surface area contributed by atoms with Gasteiger partial charge in [0, 0.05) is 20.2 Å². The van der Waals surface area contributed by atoms with E-state index in [9.17, 15) is 13.5 Å². The molecular formula is C13H22N2O5S. The summed E-state index contributed by atoms with van der Waals surface area (Å²) in [4.78, 5) is 0. The molecule has 7 nitrogen and oxygen atoms in total. The summed E-state index contributed by atoms with van der Waals surface area (Å²) in [5, 5.41) is 12.2. The third-order valence-corrected chi connectivity index (χ3v) is 4.75. The van der Waals surface area contributed by atoms with E-state index in [0.717, 1.165) is 0 Å². The molecule has 0 bridgehead atoms. The maximum absolute atomic E-state index is 12.0. The Bertz CT molecular complexity index is 537. The van der Waals surface area contributed by atoms with E-state index in [1.165, 1.54) is 6.07 Å². The Morgan fingerprint density at radius 1 is 1.43 bits per heavy atom. The van der Waals surface area contributed by atoms with Gasteiger partial charge in [0.2, 0.25) is 5.09 Å². The summed E-state index contributed by atoms with van der Waals surface area (Å²) in [7, 11) is -2.00. The van der Waals surface area contributed by atoms with Crippen LogP contribution in [0.15, 0.2) is 21.6 Å². The smallest absolute Gasteiger partial charge is 0.273 e. The number of furan rings is 1. The van der Waals surface area contributed by atoms with Crippen molar-refractivity contribution in [2.75, 3.05) is 26.8 Å². The number of sulfonamides is 1. The van der Waals surface area contributed by atoms with Crippen LogP contribution in [0.1, 0.15) is 18.6 Å². The van der Waals surface area contributed by atoms with Gasteiger partial charge in [-0.05, 0) is 30.9 Å². The van der Waals surface area contributed by atoms with Crippen LogP contribution in [0.25, 0.3) is 0 Å². The predicted octanol–water partition coefficient (Wildman–Crippen LogP) is 0.0648. The zero-order valence-electron chi connectivity index (χ0n) is 12.0. The first kappa shape index (κ1) is 16.4. The second-order valence-electron chi connectivity index (χ2n) is 5.23. The Kier molecular flexibility index (Phi) is 5.77. The summed E-state index contributed by atoms with van der Waals surface area (Å²) < 4.78 is 36.8. The number of methoxy groups -OCH3 is 1. The van der Waals surface area contributed by atoms with E-state index in [-0.39, 0.29) is 17.1 Å². The lowest BCUT2D eigenvalue weighted by molar-refractivity contribution is 0.0453. The van der Waals surface area contributed by atoms with E-state index in [1.54, 1.807) is 13.2 Å². The van der Waals surface area contributed by atoms with Gasteiger partial charge < -0.3 is 19.6 Å². The molecule has 1 aliphatic rings. The Balaban J connectivity index is 1.81. The maximum Gasteiger partial charge on any atom is 0.273 e. The van der Waals surface area contributed by atoms with Crippen LogP contribution in [-0.4, -0.2) is 46.4 Å². The topological polar surface area (TPSA) is 101 Å². The van der Waals surface area contributed by atoms with Crippen molar-refractivity contribution in [2.45, 2.75) is 30.6 Å². The molecule has 1 saturated carbocycles. The van der Waals surface area contributed by atoms with Gasteiger partial charge in [0.25, 0.3) is 10.0 Å². The van der Waals surface area contributed by atoms with Crippen molar-refractivity contribution in [3.63, 3.8) is 0 Å². The van der Waals surface area contributed by atoms with Crippen LogP contribution in [0.3, 0.4) is 0 Å². The normalized spacial score (nSPS) is 22.2. The number of nitrogens with one attached hydrogen (secondary N) is 2. The van der Waals surface area contributed by atoms with Gasteiger partial charge in [-0.25, -0.2) is 13.1 Å². The molecule has 1 aromatic heterocycles. The largest absolute Gasteiger partial charge is 0.447 e. The van der Waals surface area contributed by atoms with Gasteiger partial charge in [0.15, 0.2) is 0 Å². The molecule has 0 aliphatic heterocycles. The number of ether oxygens (including phenoxy) is 1. The summed E-state index contributed by atoms with van der Waals surface area (Å²) in [6.45, 7) is 2.04. The molecule has 1 aliphatic carbocycles. The third-order valence-electron chi connectivity index (χ3n) is 3.46. The molecule has 0 aromatic carbocycles. The molecular weight excluding hydrogens is 296 g/mol. The fourth-order valence-electron chi connectivity index (χ4n) is 2.15. The lowest BCUT2D eigenvalue weighted by Gasteiger charge is -2.31. The van der Waals surface area contributed by atoms with Gasteiger partial charge in [-0.15, -0.1) is 0 Å². The molecule has 120 valence electrons. The first-order chi connectivity index (χ1) is 10.0. The molecule has 1 aromatic rings. The van der Waals surface area contributed by atoms with E-state index in [1.807, 2.05) is 0 Å². The molecule has 3 N–H and O–H groups in total. The quantitative estimate of drug-likeness (QED) is 0.557. The van der Waals surface area contributed by atoms with Crippen LogP contribution in [0.2, 0.25) is 0 Å². The Hall–Kier alpha value is -0.930. The summed E-state index contributed by atoms with van der Waals surface area (Å²) >= 11 is 0. The van der Waals surface area contributed by atoms with Gasteiger partial charge in [-0.2, -0.15) is 0 Å². The van der Waals surface area contributed by atoms with Gasteiger partial charge >= 0.3 is 0 Å². The second-order valence-corrected chi connectivity index (χ2v) is 6.93. The molecule has 0 amide bonds. The number of hydrogen-bond acceptors (Lipinski definition) is 6. The Morgan fingerprint density at radius 2 is 2.19 bits per heavy atom. The molecule has 1 fully saturated rings. The Labute approximate surface area is 124 Å². The fourth-order valence-corrected chi connectivity index (χ4v) is 3.21. The lowest BCUT2D eigenvalue weighted by Crippen LogP contribution is -2.38. The Morgan fingerprint density at radius 3 is 2.86 bits per heavy atom. The second kappa shape index (κ2) is 7.37. The zero-order valence-corrected chi connectivity index (χ0v) is 12.9. The predicted molar refractivity (Wildman–Crippen MR) is 76.2 cm³/mol. The minimum atomic E-state index is -3.61. The molecule has 8 heteroatoms. The van der Waals surface area contributed by atoms with Crippen molar-refractivity contribution in [3.8, 4) is 0 Å². The van der Waals surface area contributed by atoms with Crippen molar-refractivity contribution in [1.29, 1.82) is 0 Å². The minimum Gasteiger partial charge on any atom is -0.447 e. The van der Waals surface area contributed by atoms with Gasteiger partial charge in [-0.1, -0.05) is 0 Å². The monoisotopic (exact) mass is 318 g/mol. The van der Waals surface area contributed by atoms with E-state index in [0.29, 0.717) is 44.8 Å². The van der Waals surface area contributed by atoms with E-state index >= 15 is 0 Å². The van der Waals surface area contributed by atoms with Crippen molar-refractivity contribution >= 4 is 10.0 Å². The molecule has 0 spiro atoms. The van der Waals surface area contributed by atoms with Crippen LogP contribution in [0, 0.1) is 5.92 Å². The average molecular weight is 318 g/mol. The number of aliphatic hydroxyl groups is 1. The summed E-state index contributed by atoms with van der Waals surface area (Å²) in [6.07, 6.45) is 1.01. The zero-order chi connectivity index (χ0) is 15.3. The number of rotatable bonds is 9. The maximum atomic E-state index is 12.0.